The van der Waals surface area contributed by atoms with Gasteiger partial charge in [0.15, 0.2) is 0 Å². The molecule has 0 aliphatic carbocycles. The highest BCUT2D eigenvalue weighted by atomic mass is 32.1. The van der Waals surface area contributed by atoms with Crippen LogP contribution in [0.3, 0.4) is 0 Å². The number of fused-ring (bicyclic) bond motifs is 2. The maximum Gasteiger partial charge on any atom is 0.143 e. The Morgan fingerprint density at radius 3 is 2.94 bits per heavy atom. The standard InChI is InChI=1S/C12H5N4OS/c1-2-8(12-10(3-1)13-17-14-12)7-4-5-9-11(6-7)16-18-15-9/h1,3-6H. The van der Waals surface area contributed by atoms with E-state index in [2.05, 4.69) is 25.1 Å². The van der Waals surface area contributed by atoms with Crippen LogP contribution in [0.15, 0.2) is 35.0 Å². The molecular formula is C12H5N4OS. The Labute approximate surface area is 105 Å². The van der Waals surface area contributed by atoms with Crippen molar-refractivity contribution in [1.29, 1.82) is 0 Å². The van der Waals surface area contributed by atoms with Gasteiger partial charge in [-0.1, -0.05) is 12.1 Å². The van der Waals surface area contributed by atoms with Crippen LogP contribution in [0.5, 0.6) is 0 Å². The fourth-order valence-electron chi connectivity index (χ4n) is 1.91. The summed E-state index contributed by atoms with van der Waals surface area (Å²) in [6, 6.07) is 12.7. The molecule has 2 heterocycles. The van der Waals surface area contributed by atoms with Crippen LogP contribution in [0.25, 0.3) is 33.2 Å². The van der Waals surface area contributed by atoms with E-state index in [1.807, 2.05) is 30.3 Å². The Hall–Kier alpha value is -2.34. The van der Waals surface area contributed by atoms with E-state index in [4.69, 9.17) is 4.63 Å². The molecule has 0 atom stereocenters. The summed E-state index contributed by atoms with van der Waals surface area (Å²) in [5.74, 6) is 0. The van der Waals surface area contributed by atoms with Crippen LogP contribution in [0.4, 0.5) is 0 Å². The SMILES string of the molecule is [c]1ccc2nonc2c1-c1ccc2nsnc2c1. The monoisotopic (exact) mass is 253 g/mol. The summed E-state index contributed by atoms with van der Waals surface area (Å²) in [6.45, 7) is 0. The van der Waals surface area contributed by atoms with Gasteiger partial charge < -0.3 is 0 Å². The molecule has 0 amide bonds. The van der Waals surface area contributed by atoms with E-state index in [9.17, 15) is 0 Å². The van der Waals surface area contributed by atoms with Crippen LogP contribution in [0.2, 0.25) is 0 Å². The molecule has 0 aliphatic heterocycles. The zero-order valence-electron chi connectivity index (χ0n) is 8.99. The second-order valence-electron chi connectivity index (χ2n) is 3.82. The highest BCUT2D eigenvalue weighted by Gasteiger charge is 2.10. The van der Waals surface area contributed by atoms with Gasteiger partial charge in [-0.05, 0) is 40.1 Å². The van der Waals surface area contributed by atoms with Crippen LogP contribution in [-0.4, -0.2) is 19.1 Å². The van der Waals surface area contributed by atoms with Crippen molar-refractivity contribution in [2.45, 2.75) is 0 Å². The Morgan fingerprint density at radius 2 is 1.94 bits per heavy atom. The van der Waals surface area contributed by atoms with Gasteiger partial charge in [0.2, 0.25) is 0 Å². The lowest BCUT2D eigenvalue weighted by atomic mass is 10.0. The largest absolute Gasteiger partial charge is 0.243 e. The molecule has 0 saturated carbocycles. The van der Waals surface area contributed by atoms with Gasteiger partial charge >= 0.3 is 0 Å². The van der Waals surface area contributed by atoms with Crippen LogP contribution < -0.4 is 0 Å². The third-order valence-corrected chi connectivity index (χ3v) is 3.32. The minimum Gasteiger partial charge on any atom is -0.243 e. The Morgan fingerprint density at radius 1 is 1.00 bits per heavy atom. The number of aromatic nitrogens is 4. The van der Waals surface area contributed by atoms with E-state index in [1.165, 1.54) is 11.7 Å². The van der Waals surface area contributed by atoms with Crippen LogP contribution in [-0.2, 0) is 0 Å². The van der Waals surface area contributed by atoms with Gasteiger partial charge in [-0.3, -0.25) is 0 Å². The maximum absolute atomic E-state index is 4.75. The Bertz CT molecular complexity index is 851. The van der Waals surface area contributed by atoms with Gasteiger partial charge in [-0.2, -0.15) is 8.75 Å². The molecule has 0 aliphatic rings. The summed E-state index contributed by atoms with van der Waals surface area (Å²) < 4.78 is 13.2. The van der Waals surface area contributed by atoms with E-state index in [0.717, 1.165) is 27.7 Å². The molecule has 0 bridgehead atoms. The lowest BCUT2D eigenvalue weighted by Crippen LogP contribution is -1.81. The molecule has 6 heteroatoms. The van der Waals surface area contributed by atoms with E-state index in [1.54, 1.807) is 0 Å². The molecule has 0 fully saturated rings. The fourth-order valence-corrected chi connectivity index (χ4v) is 2.43. The normalized spacial score (nSPS) is 11.3. The minimum absolute atomic E-state index is 0.708. The van der Waals surface area contributed by atoms with E-state index in [0.29, 0.717) is 5.52 Å². The molecule has 1 radical (unpaired) electrons. The van der Waals surface area contributed by atoms with Crippen molar-refractivity contribution in [3.8, 4) is 11.1 Å². The molecule has 85 valence electrons. The van der Waals surface area contributed by atoms with Gasteiger partial charge in [0.1, 0.15) is 22.1 Å². The summed E-state index contributed by atoms with van der Waals surface area (Å²) >= 11 is 1.21. The predicted molar refractivity (Wildman–Crippen MR) is 67.0 cm³/mol. The zero-order chi connectivity index (χ0) is 11.9. The molecule has 0 unspecified atom stereocenters. The smallest absolute Gasteiger partial charge is 0.143 e. The summed E-state index contributed by atoms with van der Waals surface area (Å²) in [5, 5.41) is 7.74. The summed E-state index contributed by atoms with van der Waals surface area (Å²) in [6.07, 6.45) is 0. The van der Waals surface area contributed by atoms with Crippen LogP contribution in [0.1, 0.15) is 0 Å². The maximum atomic E-state index is 4.75. The van der Waals surface area contributed by atoms with E-state index >= 15 is 0 Å². The average molecular weight is 253 g/mol. The molecule has 4 aromatic rings. The average Bonchev–Trinajstić information content (AvgIpc) is 3.05. The summed E-state index contributed by atoms with van der Waals surface area (Å²) in [4.78, 5) is 0. The summed E-state index contributed by atoms with van der Waals surface area (Å²) in [7, 11) is 0. The lowest BCUT2D eigenvalue weighted by molar-refractivity contribution is 0.315. The number of hydrogen-bond acceptors (Lipinski definition) is 6. The number of rotatable bonds is 1. The molecule has 4 rings (SSSR count). The topological polar surface area (TPSA) is 64.7 Å². The summed E-state index contributed by atoms with van der Waals surface area (Å²) in [5.41, 5.74) is 5.05. The molecule has 0 N–H and O–H groups in total. The van der Waals surface area contributed by atoms with Crippen molar-refractivity contribution in [2.24, 2.45) is 0 Å². The second-order valence-corrected chi connectivity index (χ2v) is 4.35. The first-order valence-electron chi connectivity index (χ1n) is 5.27. The molecule has 2 aromatic carbocycles. The first-order chi connectivity index (χ1) is 8.92. The Kier molecular flexibility index (Phi) is 1.92. The minimum atomic E-state index is 0.708. The first kappa shape index (κ1) is 9.67. The quantitative estimate of drug-likeness (QED) is 0.522. The van der Waals surface area contributed by atoms with Crippen molar-refractivity contribution < 1.29 is 4.63 Å². The molecule has 18 heavy (non-hydrogen) atoms. The van der Waals surface area contributed by atoms with Crippen molar-refractivity contribution in [3.05, 3.63) is 36.4 Å². The van der Waals surface area contributed by atoms with Crippen LogP contribution >= 0.6 is 11.7 Å². The van der Waals surface area contributed by atoms with Crippen molar-refractivity contribution >= 4 is 33.8 Å². The van der Waals surface area contributed by atoms with Gasteiger partial charge in [0, 0.05) is 5.56 Å². The molecule has 0 saturated heterocycles. The lowest BCUT2D eigenvalue weighted by Gasteiger charge is -2.00. The molecule has 2 aromatic heterocycles. The molecular weight excluding hydrogens is 248 g/mol. The fraction of sp³-hybridized carbons (Fsp3) is 0. The third-order valence-electron chi connectivity index (χ3n) is 2.76. The second kappa shape index (κ2) is 3.58. The number of nitrogens with zero attached hydrogens (tertiary/aromatic N) is 4. The molecule has 0 spiro atoms. The molecule has 5 nitrogen and oxygen atoms in total. The van der Waals surface area contributed by atoms with Gasteiger partial charge in [-0.15, -0.1) is 0 Å². The highest BCUT2D eigenvalue weighted by molar-refractivity contribution is 7.00. The van der Waals surface area contributed by atoms with Gasteiger partial charge in [-0.25, -0.2) is 4.63 Å². The van der Waals surface area contributed by atoms with Crippen molar-refractivity contribution in [3.63, 3.8) is 0 Å². The van der Waals surface area contributed by atoms with Crippen molar-refractivity contribution in [2.75, 3.05) is 0 Å². The Balaban J connectivity index is 2.03. The van der Waals surface area contributed by atoms with Gasteiger partial charge in [0.25, 0.3) is 0 Å². The highest BCUT2D eigenvalue weighted by Crippen LogP contribution is 2.28. The van der Waals surface area contributed by atoms with Crippen molar-refractivity contribution in [1.82, 2.24) is 19.1 Å². The number of hydrogen-bond donors (Lipinski definition) is 0. The van der Waals surface area contributed by atoms with Gasteiger partial charge in [0.05, 0.1) is 11.7 Å². The third kappa shape index (κ3) is 1.32. The predicted octanol–water partition coefficient (Wildman–Crippen LogP) is 2.69. The van der Waals surface area contributed by atoms with E-state index in [-0.39, 0.29) is 0 Å². The number of benzene rings is 2. The van der Waals surface area contributed by atoms with Crippen LogP contribution in [0, 0.1) is 6.07 Å². The van der Waals surface area contributed by atoms with E-state index < -0.39 is 0 Å². The first-order valence-corrected chi connectivity index (χ1v) is 6.00. The zero-order valence-corrected chi connectivity index (χ0v) is 9.81.